The van der Waals surface area contributed by atoms with Crippen molar-refractivity contribution in [3.63, 3.8) is 0 Å². The third-order valence-corrected chi connectivity index (χ3v) is 7.04. The molecule has 2 atom stereocenters. The first-order valence-corrected chi connectivity index (χ1v) is 10.3. The number of hydrogen-bond donors (Lipinski definition) is 1. The second-order valence-corrected chi connectivity index (χ2v) is 8.78. The van der Waals surface area contributed by atoms with E-state index in [1.807, 2.05) is 0 Å². The minimum Gasteiger partial charge on any atom is -0.481 e. The van der Waals surface area contributed by atoms with Crippen molar-refractivity contribution in [1.82, 2.24) is 9.80 Å². The molecule has 2 aliphatic heterocycles. The van der Waals surface area contributed by atoms with Crippen LogP contribution in [-0.4, -0.2) is 59.1 Å². The van der Waals surface area contributed by atoms with Crippen molar-refractivity contribution in [2.75, 3.05) is 32.7 Å². The highest BCUT2D eigenvalue weighted by Crippen LogP contribution is 2.52. The fourth-order valence-corrected chi connectivity index (χ4v) is 5.40. The zero-order chi connectivity index (χ0) is 18.1. The number of likely N-dealkylation sites (tertiary alicyclic amines) is 2. The molecule has 1 saturated carbocycles. The second kappa shape index (κ2) is 7.32. The largest absolute Gasteiger partial charge is 0.481 e. The van der Waals surface area contributed by atoms with E-state index in [4.69, 9.17) is 0 Å². The molecule has 0 bridgehead atoms. The van der Waals surface area contributed by atoms with Crippen molar-refractivity contribution >= 4 is 5.97 Å². The lowest BCUT2D eigenvalue weighted by atomic mass is 9.80. The molecular weight excluding hydrogens is 324 g/mol. The van der Waals surface area contributed by atoms with Crippen LogP contribution in [0.3, 0.4) is 0 Å². The highest BCUT2D eigenvalue weighted by atomic mass is 16.4. The maximum atomic E-state index is 11.4. The molecule has 3 aliphatic rings. The molecule has 26 heavy (non-hydrogen) atoms. The minimum atomic E-state index is -0.647. The number of nitrogens with zero attached hydrogens (tertiary/aromatic N) is 2. The average molecular weight is 357 g/mol. The quantitative estimate of drug-likeness (QED) is 0.813. The van der Waals surface area contributed by atoms with Gasteiger partial charge in [-0.25, -0.2) is 0 Å². The predicted octanol–water partition coefficient (Wildman–Crippen LogP) is 3.44. The molecule has 0 amide bonds. The molecule has 0 aromatic heterocycles. The summed E-state index contributed by atoms with van der Waals surface area (Å²) in [7, 11) is 0. The molecule has 4 rings (SSSR count). The number of likely N-dealkylation sites (N-methyl/N-ethyl adjacent to an activating group) is 1. The van der Waals surface area contributed by atoms with Crippen LogP contribution in [-0.2, 0) is 4.79 Å². The molecule has 0 radical (unpaired) electrons. The van der Waals surface area contributed by atoms with Crippen LogP contribution in [0.25, 0.3) is 0 Å². The summed E-state index contributed by atoms with van der Waals surface area (Å²) in [6.45, 7) is 7.21. The van der Waals surface area contributed by atoms with Gasteiger partial charge in [0.1, 0.15) is 0 Å². The maximum absolute atomic E-state index is 11.4. The molecule has 4 nitrogen and oxygen atoms in total. The lowest BCUT2D eigenvalue weighted by molar-refractivity contribution is -0.147. The van der Waals surface area contributed by atoms with Crippen molar-refractivity contribution < 1.29 is 9.90 Å². The molecule has 4 heteroatoms. The van der Waals surface area contributed by atoms with Gasteiger partial charge in [-0.1, -0.05) is 37.3 Å². The number of benzene rings is 1. The van der Waals surface area contributed by atoms with Gasteiger partial charge in [-0.2, -0.15) is 0 Å². The van der Waals surface area contributed by atoms with E-state index in [9.17, 15) is 9.90 Å². The van der Waals surface area contributed by atoms with Gasteiger partial charge in [0.25, 0.3) is 0 Å². The van der Waals surface area contributed by atoms with Crippen LogP contribution in [0, 0.1) is 11.8 Å². The molecule has 2 saturated heterocycles. The highest BCUT2D eigenvalue weighted by Gasteiger charge is 2.49. The SMILES string of the molecule is CCN1CC(CC(=O)O)(N2CCC(C[C@@H]3CC3c3ccccc3)CC2)C1. The summed E-state index contributed by atoms with van der Waals surface area (Å²) in [6, 6.07) is 11.0. The van der Waals surface area contributed by atoms with Crippen LogP contribution in [0.5, 0.6) is 0 Å². The Balaban J connectivity index is 1.27. The Morgan fingerprint density at radius 1 is 1.19 bits per heavy atom. The number of aliphatic carboxylic acids is 1. The van der Waals surface area contributed by atoms with Crippen molar-refractivity contribution in [2.24, 2.45) is 11.8 Å². The van der Waals surface area contributed by atoms with Gasteiger partial charge in [0, 0.05) is 13.1 Å². The molecule has 2 heterocycles. The highest BCUT2D eigenvalue weighted by molar-refractivity contribution is 5.69. The van der Waals surface area contributed by atoms with E-state index in [1.54, 1.807) is 0 Å². The van der Waals surface area contributed by atoms with Crippen LogP contribution >= 0.6 is 0 Å². The van der Waals surface area contributed by atoms with Gasteiger partial charge in [-0.05, 0) is 68.6 Å². The molecular formula is C22H32N2O2. The number of hydrogen-bond acceptors (Lipinski definition) is 3. The topological polar surface area (TPSA) is 43.8 Å². The lowest BCUT2D eigenvalue weighted by Gasteiger charge is -2.57. The predicted molar refractivity (Wildman–Crippen MR) is 103 cm³/mol. The van der Waals surface area contributed by atoms with Crippen LogP contribution in [0.2, 0.25) is 0 Å². The monoisotopic (exact) mass is 356 g/mol. The summed E-state index contributed by atoms with van der Waals surface area (Å²) in [5.74, 6) is 1.85. The Hall–Kier alpha value is -1.39. The Kier molecular flexibility index (Phi) is 5.07. The van der Waals surface area contributed by atoms with E-state index in [0.717, 1.165) is 50.5 Å². The fourth-order valence-electron chi connectivity index (χ4n) is 5.40. The van der Waals surface area contributed by atoms with Gasteiger partial charge in [-0.3, -0.25) is 14.6 Å². The molecule has 1 unspecified atom stereocenters. The smallest absolute Gasteiger partial charge is 0.305 e. The number of piperidine rings is 1. The summed E-state index contributed by atoms with van der Waals surface area (Å²) in [4.78, 5) is 16.3. The van der Waals surface area contributed by atoms with Gasteiger partial charge < -0.3 is 5.11 Å². The molecule has 1 aromatic rings. The number of rotatable bonds is 7. The van der Waals surface area contributed by atoms with E-state index < -0.39 is 5.97 Å². The standard InChI is InChI=1S/C22H32N2O2/c1-2-23-15-22(16-23,14-21(25)26)24-10-8-17(9-11-24)12-19-13-20(19)18-6-4-3-5-7-18/h3-7,17,19-20H,2,8-16H2,1H3,(H,25,26)/t19-,20?/m1/s1. The van der Waals surface area contributed by atoms with Crippen molar-refractivity contribution in [3.05, 3.63) is 35.9 Å². The first kappa shape index (κ1) is 18.0. The fraction of sp³-hybridized carbons (Fsp3) is 0.682. The second-order valence-electron chi connectivity index (χ2n) is 8.78. The Morgan fingerprint density at radius 2 is 1.88 bits per heavy atom. The van der Waals surface area contributed by atoms with Crippen LogP contribution in [0.4, 0.5) is 0 Å². The number of carboxylic acid groups (broad SMARTS) is 1. The van der Waals surface area contributed by atoms with E-state index in [0.29, 0.717) is 6.42 Å². The van der Waals surface area contributed by atoms with Crippen LogP contribution in [0.15, 0.2) is 30.3 Å². The van der Waals surface area contributed by atoms with E-state index in [-0.39, 0.29) is 5.54 Å². The van der Waals surface area contributed by atoms with Gasteiger partial charge in [0.05, 0.1) is 12.0 Å². The first-order chi connectivity index (χ1) is 12.6. The van der Waals surface area contributed by atoms with Crippen LogP contribution in [0.1, 0.15) is 50.5 Å². The van der Waals surface area contributed by atoms with Crippen molar-refractivity contribution in [2.45, 2.75) is 50.5 Å². The summed E-state index contributed by atoms with van der Waals surface area (Å²) < 4.78 is 0. The minimum absolute atomic E-state index is 0.0982. The third-order valence-electron chi connectivity index (χ3n) is 7.04. The van der Waals surface area contributed by atoms with E-state index in [1.165, 1.54) is 31.2 Å². The zero-order valence-corrected chi connectivity index (χ0v) is 15.9. The molecule has 1 aromatic carbocycles. The van der Waals surface area contributed by atoms with Crippen molar-refractivity contribution in [3.8, 4) is 0 Å². The Labute approximate surface area is 157 Å². The first-order valence-electron chi connectivity index (χ1n) is 10.3. The van der Waals surface area contributed by atoms with Gasteiger partial charge in [-0.15, -0.1) is 0 Å². The number of carboxylic acids is 1. The summed E-state index contributed by atoms with van der Waals surface area (Å²) in [5.41, 5.74) is 1.42. The van der Waals surface area contributed by atoms with Gasteiger partial charge in [0.2, 0.25) is 0 Å². The maximum Gasteiger partial charge on any atom is 0.305 e. The average Bonchev–Trinajstić information content (AvgIpc) is 3.38. The molecule has 3 fully saturated rings. The third kappa shape index (κ3) is 3.67. The molecule has 0 spiro atoms. The lowest BCUT2D eigenvalue weighted by Crippen LogP contribution is -2.71. The van der Waals surface area contributed by atoms with Gasteiger partial charge in [0.15, 0.2) is 0 Å². The summed E-state index contributed by atoms with van der Waals surface area (Å²) in [5, 5.41) is 9.38. The van der Waals surface area contributed by atoms with E-state index >= 15 is 0 Å². The van der Waals surface area contributed by atoms with E-state index in [2.05, 4.69) is 47.1 Å². The Morgan fingerprint density at radius 3 is 2.50 bits per heavy atom. The number of carbonyl (C=O) groups is 1. The summed E-state index contributed by atoms with van der Waals surface area (Å²) >= 11 is 0. The van der Waals surface area contributed by atoms with Crippen molar-refractivity contribution in [1.29, 1.82) is 0 Å². The van der Waals surface area contributed by atoms with Gasteiger partial charge >= 0.3 is 5.97 Å². The zero-order valence-electron chi connectivity index (χ0n) is 15.9. The molecule has 142 valence electrons. The molecule has 1 N–H and O–H groups in total. The van der Waals surface area contributed by atoms with Crippen LogP contribution < -0.4 is 0 Å². The Bertz CT molecular complexity index is 618. The molecule has 1 aliphatic carbocycles. The normalized spacial score (nSPS) is 29.3. The summed E-state index contributed by atoms with van der Waals surface area (Å²) in [6.07, 6.45) is 5.50.